The third-order valence-electron chi connectivity index (χ3n) is 3.01. The molecule has 0 aliphatic carbocycles. The first-order chi connectivity index (χ1) is 10.0. The number of nitrogens with zero attached hydrogens (tertiary/aromatic N) is 3. The lowest BCUT2D eigenvalue weighted by Gasteiger charge is -2.09. The third kappa shape index (κ3) is 2.60. The Hall–Kier alpha value is -2.40. The molecule has 0 unspecified atom stereocenters. The standard InChI is InChI=1S/C15H12ClN3O2/c1-19(2)15(20)10-3-4-12-11(7-10)18-14(21-12)9-5-6-17-13(16)8-9/h3-8H,1-2H3. The number of hydrogen-bond acceptors (Lipinski definition) is 4. The van der Waals surface area contributed by atoms with Crippen LogP contribution in [0, 0.1) is 0 Å². The van der Waals surface area contributed by atoms with Crippen LogP contribution in [0.15, 0.2) is 40.9 Å². The number of halogens is 1. The van der Waals surface area contributed by atoms with Crippen molar-refractivity contribution >= 4 is 28.6 Å². The number of oxazole rings is 1. The molecule has 1 aromatic carbocycles. The van der Waals surface area contributed by atoms with Gasteiger partial charge in [-0.1, -0.05) is 11.6 Å². The van der Waals surface area contributed by atoms with E-state index in [0.717, 1.165) is 5.56 Å². The minimum atomic E-state index is -0.0756. The fourth-order valence-corrected chi connectivity index (χ4v) is 2.15. The van der Waals surface area contributed by atoms with Crippen LogP contribution in [-0.2, 0) is 0 Å². The zero-order valence-electron chi connectivity index (χ0n) is 11.5. The first kappa shape index (κ1) is 13.6. The molecule has 0 bridgehead atoms. The Labute approximate surface area is 126 Å². The summed E-state index contributed by atoms with van der Waals surface area (Å²) in [5.41, 5.74) is 2.56. The van der Waals surface area contributed by atoms with Gasteiger partial charge in [-0.3, -0.25) is 4.79 Å². The number of amides is 1. The van der Waals surface area contributed by atoms with Gasteiger partial charge in [0.05, 0.1) is 0 Å². The van der Waals surface area contributed by atoms with E-state index in [0.29, 0.717) is 27.7 Å². The molecule has 2 aromatic heterocycles. The number of aromatic nitrogens is 2. The van der Waals surface area contributed by atoms with Crippen LogP contribution in [0.1, 0.15) is 10.4 Å². The summed E-state index contributed by atoms with van der Waals surface area (Å²) in [5.74, 6) is 0.372. The zero-order chi connectivity index (χ0) is 15.0. The van der Waals surface area contributed by atoms with Gasteiger partial charge in [0.2, 0.25) is 5.89 Å². The monoisotopic (exact) mass is 301 g/mol. The Morgan fingerprint density at radius 2 is 2.05 bits per heavy atom. The number of fused-ring (bicyclic) bond motifs is 1. The summed E-state index contributed by atoms with van der Waals surface area (Å²) in [5, 5.41) is 0.373. The average Bonchev–Trinajstić information content (AvgIpc) is 2.89. The lowest BCUT2D eigenvalue weighted by atomic mass is 10.2. The van der Waals surface area contributed by atoms with Crippen LogP contribution in [0.3, 0.4) is 0 Å². The van der Waals surface area contributed by atoms with Crippen LogP contribution in [0.2, 0.25) is 5.15 Å². The Balaban J connectivity index is 2.06. The molecule has 0 radical (unpaired) electrons. The summed E-state index contributed by atoms with van der Waals surface area (Å²) in [6, 6.07) is 8.62. The Kier molecular flexibility index (Phi) is 3.35. The molecule has 5 nitrogen and oxygen atoms in total. The van der Waals surface area contributed by atoms with E-state index < -0.39 is 0 Å². The van der Waals surface area contributed by atoms with E-state index >= 15 is 0 Å². The van der Waals surface area contributed by atoms with Crippen LogP contribution < -0.4 is 0 Å². The zero-order valence-corrected chi connectivity index (χ0v) is 12.3. The van der Waals surface area contributed by atoms with E-state index in [1.807, 2.05) is 0 Å². The van der Waals surface area contributed by atoms with E-state index in [4.69, 9.17) is 16.0 Å². The summed E-state index contributed by atoms with van der Waals surface area (Å²) in [6.45, 7) is 0. The van der Waals surface area contributed by atoms with Gasteiger partial charge in [0.15, 0.2) is 5.58 Å². The van der Waals surface area contributed by atoms with Crippen LogP contribution in [0.5, 0.6) is 0 Å². The fourth-order valence-electron chi connectivity index (χ4n) is 1.98. The summed E-state index contributed by atoms with van der Waals surface area (Å²) < 4.78 is 5.68. The largest absolute Gasteiger partial charge is 0.436 e. The van der Waals surface area contributed by atoms with Gasteiger partial charge in [-0.25, -0.2) is 9.97 Å². The number of hydrogen-bond donors (Lipinski definition) is 0. The minimum Gasteiger partial charge on any atom is -0.436 e. The highest BCUT2D eigenvalue weighted by molar-refractivity contribution is 6.29. The quantitative estimate of drug-likeness (QED) is 0.682. The molecule has 0 saturated carbocycles. The second-order valence-corrected chi connectivity index (χ2v) is 5.16. The molecule has 0 fully saturated rings. The van der Waals surface area contributed by atoms with Crippen LogP contribution in [-0.4, -0.2) is 34.9 Å². The van der Waals surface area contributed by atoms with Gasteiger partial charge in [0.25, 0.3) is 5.91 Å². The molecule has 0 aliphatic heterocycles. The van der Waals surface area contributed by atoms with Crippen molar-refractivity contribution < 1.29 is 9.21 Å². The minimum absolute atomic E-state index is 0.0756. The van der Waals surface area contributed by atoms with Crippen molar-refractivity contribution in [3.05, 3.63) is 47.2 Å². The molecule has 3 aromatic rings. The molecule has 0 atom stereocenters. The molecule has 0 saturated heterocycles. The smallest absolute Gasteiger partial charge is 0.253 e. The van der Waals surface area contributed by atoms with Gasteiger partial charge < -0.3 is 9.32 Å². The highest BCUT2D eigenvalue weighted by atomic mass is 35.5. The number of benzene rings is 1. The van der Waals surface area contributed by atoms with Gasteiger partial charge in [0, 0.05) is 31.4 Å². The van der Waals surface area contributed by atoms with Crippen LogP contribution >= 0.6 is 11.6 Å². The maximum Gasteiger partial charge on any atom is 0.253 e. The molecule has 2 heterocycles. The molecular weight excluding hydrogens is 290 g/mol. The van der Waals surface area contributed by atoms with Crippen molar-refractivity contribution in [3.63, 3.8) is 0 Å². The van der Waals surface area contributed by atoms with Gasteiger partial charge in [-0.2, -0.15) is 0 Å². The van der Waals surface area contributed by atoms with Crippen LogP contribution in [0.4, 0.5) is 0 Å². The van der Waals surface area contributed by atoms with E-state index in [1.54, 1.807) is 50.6 Å². The predicted octanol–water partition coefficient (Wildman–Crippen LogP) is 3.25. The molecule has 0 aliphatic rings. The maximum atomic E-state index is 12.0. The third-order valence-corrected chi connectivity index (χ3v) is 3.22. The normalized spacial score (nSPS) is 10.8. The molecule has 0 spiro atoms. The van der Waals surface area contributed by atoms with Gasteiger partial charge >= 0.3 is 0 Å². The van der Waals surface area contributed by atoms with E-state index in [2.05, 4.69) is 9.97 Å². The second-order valence-electron chi connectivity index (χ2n) is 4.77. The Bertz CT molecular complexity index is 827. The van der Waals surface area contributed by atoms with Crippen molar-refractivity contribution in [3.8, 4) is 11.5 Å². The number of pyridine rings is 1. The topological polar surface area (TPSA) is 59.2 Å². The lowest BCUT2D eigenvalue weighted by Crippen LogP contribution is -2.21. The lowest BCUT2D eigenvalue weighted by molar-refractivity contribution is 0.0828. The highest BCUT2D eigenvalue weighted by Gasteiger charge is 2.13. The molecule has 1 amide bonds. The van der Waals surface area contributed by atoms with Crippen molar-refractivity contribution in [2.45, 2.75) is 0 Å². The molecular formula is C15H12ClN3O2. The summed E-state index contributed by atoms with van der Waals surface area (Å²) >= 11 is 5.86. The molecule has 21 heavy (non-hydrogen) atoms. The number of rotatable bonds is 2. The number of carbonyl (C=O) groups excluding carboxylic acids is 1. The van der Waals surface area contributed by atoms with Gasteiger partial charge in [-0.05, 0) is 30.3 Å². The van der Waals surface area contributed by atoms with Gasteiger partial charge in [0.1, 0.15) is 10.7 Å². The Morgan fingerprint density at radius 3 is 2.76 bits per heavy atom. The molecule has 3 rings (SSSR count). The van der Waals surface area contributed by atoms with Crippen molar-refractivity contribution in [1.29, 1.82) is 0 Å². The molecule has 106 valence electrons. The molecule has 6 heteroatoms. The summed E-state index contributed by atoms with van der Waals surface area (Å²) in [4.78, 5) is 21.8. The second kappa shape index (κ2) is 5.18. The van der Waals surface area contributed by atoms with Crippen molar-refractivity contribution in [1.82, 2.24) is 14.9 Å². The first-order valence-corrected chi connectivity index (χ1v) is 6.66. The summed E-state index contributed by atoms with van der Waals surface area (Å²) in [7, 11) is 3.42. The van der Waals surface area contributed by atoms with Crippen molar-refractivity contribution in [2.24, 2.45) is 0 Å². The van der Waals surface area contributed by atoms with E-state index in [9.17, 15) is 4.79 Å². The SMILES string of the molecule is CN(C)C(=O)c1ccc2oc(-c3ccnc(Cl)c3)nc2c1. The maximum absolute atomic E-state index is 12.0. The number of carbonyl (C=O) groups is 1. The Morgan fingerprint density at radius 1 is 1.24 bits per heavy atom. The first-order valence-electron chi connectivity index (χ1n) is 6.29. The predicted molar refractivity (Wildman–Crippen MR) is 80.3 cm³/mol. The van der Waals surface area contributed by atoms with E-state index in [-0.39, 0.29) is 5.91 Å². The molecule has 0 N–H and O–H groups in total. The van der Waals surface area contributed by atoms with Crippen molar-refractivity contribution in [2.75, 3.05) is 14.1 Å². The van der Waals surface area contributed by atoms with E-state index in [1.165, 1.54) is 4.90 Å². The highest BCUT2D eigenvalue weighted by Crippen LogP contribution is 2.26. The average molecular weight is 302 g/mol. The van der Waals surface area contributed by atoms with Gasteiger partial charge in [-0.15, -0.1) is 0 Å². The van der Waals surface area contributed by atoms with Crippen LogP contribution in [0.25, 0.3) is 22.6 Å². The fraction of sp³-hybridized carbons (Fsp3) is 0.133. The summed E-state index contributed by atoms with van der Waals surface area (Å²) in [6.07, 6.45) is 1.59.